The van der Waals surface area contributed by atoms with E-state index in [-0.39, 0.29) is 0 Å². The Bertz CT molecular complexity index is 244. The SMILES string of the molecule is CC(C)CC(C)(C)c1cc[c]cc1. The summed E-state index contributed by atoms with van der Waals surface area (Å²) >= 11 is 0. The molecule has 1 aromatic carbocycles. The molecule has 0 spiro atoms. The van der Waals surface area contributed by atoms with E-state index in [2.05, 4.69) is 45.9 Å². The molecule has 0 saturated heterocycles. The summed E-state index contributed by atoms with van der Waals surface area (Å²) in [7, 11) is 0. The van der Waals surface area contributed by atoms with Gasteiger partial charge in [0.25, 0.3) is 0 Å². The molecule has 0 N–H and O–H groups in total. The van der Waals surface area contributed by atoms with E-state index < -0.39 is 0 Å². The molecule has 13 heavy (non-hydrogen) atoms. The molecule has 0 amide bonds. The molecule has 0 unspecified atom stereocenters. The van der Waals surface area contributed by atoms with Crippen LogP contribution in [0, 0.1) is 12.0 Å². The third kappa shape index (κ3) is 2.87. The van der Waals surface area contributed by atoms with Crippen molar-refractivity contribution < 1.29 is 0 Å². The molecule has 0 aliphatic carbocycles. The lowest BCUT2D eigenvalue weighted by Gasteiger charge is -2.27. The molecule has 0 fully saturated rings. The summed E-state index contributed by atoms with van der Waals surface area (Å²) in [4.78, 5) is 0. The minimum Gasteiger partial charge on any atom is -0.0627 e. The Balaban J connectivity index is 2.81. The molecule has 0 aliphatic rings. The van der Waals surface area contributed by atoms with Crippen LogP contribution in [0.5, 0.6) is 0 Å². The van der Waals surface area contributed by atoms with E-state index in [4.69, 9.17) is 0 Å². The lowest BCUT2D eigenvalue weighted by atomic mass is 9.78. The summed E-state index contributed by atoms with van der Waals surface area (Å²) in [5, 5.41) is 0. The van der Waals surface area contributed by atoms with E-state index in [0.29, 0.717) is 5.41 Å². The first-order valence-corrected chi connectivity index (χ1v) is 4.99. The molecule has 0 heteroatoms. The maximum Gasteiger partial charge on any atom is -0.0101 e. The van der Waals surface area contributed by atoms with E-state index in [1.54, 1.807) is 0 Å². The van der Waals surface area contributed by atoms with Gasteiger partial charge >= 0.3 is 0 Å². The summed E-state index contributed by atoms with van der Waals surface area (Å²) < 4.78 is 0. The lowest BCUT2D eigenvalue weighted by Crippen LogP contribution is -2.19. The number of hydrogen-bond donors (Lipinski definition) is 0. The van der Waals surface area contributed by atoms with Gasteiger partial charge in [-0.15, -0.1) is 0 Å². The molecule has 71 valence electrons. The molecule has 0 saturated carbocycles. The van der Waals surface area contributed by atoms with Gasteiger partial charge in [0.2, 0.25) is 0 Å². The first-order valence-electron chi connectivity index (χ1n) is 4.99. The third-order valence-corrected chi connectivity index (χ3v) is 2.42. The van der Waals surface area contributed by atoms with Crippen LogP contribution in [-0.2, 0) is 5.41 Å². The minimum absolute atomic E-state index is 0.295. The van der Waals surface area contributed by atoms with Crippen molar-refractivity contribution in [2.45, 2.75) is 39.5 Å². The predicted molar refractivity (Wildman–Crippen MR) is 57.8 cm³/mol. The predicted octanol–water partition coefficient (Wildman–Crippen LogP) is 3.81. The Morgan fingerprint density at radius 1 is 1.23 bits per heavy atom. The summed E-state index contributed by atoms with van der Waals surface area (Å²) in [6.07, 6.45) is 1.23. The van der Waals surface area contributed by atoms with Crippen LogP contribution >= 0.6 is 0 Å². The summed E-state index contributed by atoms with van der Waals surface area (Å²) in [6.45, 7) is 9.16. The van der Waals surface area contributed by atoms with E-state index in [1.807, 2.05) is 12.1 Å². The molecule has 0 aliphatic heterocycles. The Labute approximate surface area is 82.0 Å². The van der Waals surface area contributed by atoms with Crippen molar-refractivity contribution in [3.05, 3.63) is 35.9 Å². The summed E-state index contributed by atoms with van der Waals surface area (Å²) in [5.41, 5.74) is 1.71. The second-order valence-electron chi connectivity index (χ2n) is 4.77. The number of hydrogen-bond acceptors (Lipinski definition) is 0. The van der Waals surface area contributed by atoms with Crippen molar-refractivity contribution in [1.29, 1.82) is 0 Å². The second kappa shape index (κ2) is 3.95. The van der Waals surface area contributed by atoms with Gasteiger partial charge in [0.05, 0.1) is 0 Å². The molecule has 1 aromatic rings. The third-order valence-electron chi connectivity index (χ3n) is 2.42. The molecular weight excluding hydrogens is 156 g/mol. The monoisotopic (exact) mass is 175 g/mol. The van der Waals surface area contributed by atoms with Crippen LogP contribution in [0.4, 0.5) is 0 Å². The molecular formula is C13H19. The highest BCUT2D eigenvalue weighted by Gasteiger charge is 2.20. The van der Waals surface area contributed by atoms with Crippen LogP contribution in [0.3, 0.4) is 0 Å². The average Bonchev–Trinajstić information content (AvgIpc) is 2.04. The van der Waals surface area contributed by atoms with Crippen LogP contribution in [0.15, 0.2) is 24.3 Å². The zero-order chi connectivity index (χ0) is 9.90. The zero-order valence-corrected chi connectivity index (χ0v) is 9.09. The van der Waals surface area contributed by atoms with E-state index in [0.717, 1.165) is 5.92 Å². The first kappa shape index (κ1) is 10.3. The smallest absolute Gasteiger partial charge is 0.0101 e. The van der Waals surface area contributed by atoms with Gasteiger partial charge in [-0.3, -0.25) is 0 Å². The van der Waals surface area contributed by atoms with Crippen molar-refractivity contribution >= 4 is 0 Å². The Kier molecular flexibility index (Phi) is 3.13. The maximum atomic E-state index is 3.06. The van der Waals surface area contributed by atoms with Gasteiger partial charge in [0.15, 0.2) is 0 Å². The van der Waals surface area contributed by atoms with Crippen LogP contribution < -0.4 is 0 Å². The van der Waals surface area contributed by atoms with Gasteiger partial charge in [-0.05, 0) is 29.4 Å². The van der Waals surface area contributed by atoms with Crippen LogP contribution in [0.1, 0.15) is 39.7 Å². The van der Waals surface area contributed by atoms with Crippen LogP contribution in [-0.4, -0.2) is 0 Å². The molecule has 0 heterocycles. The fourth-order valence-corrected chi connectivity index (χ4v) is 1.98. The Morgan fingerprint density at radius 2 is 1.77 bits per heavy atom. The van der Waals surface area contributed by atoms with Crippen LogP contribution in [0.2, 0.25) is 0 Å². The van der Waals surface area contributed by atoms with Gasteiger partial charge in [0, 0.05) is 0 Å². The standard InChI is InChI=1S/C13H19/c1-11(2)10-13(3,4)12-8-6-5-7-9-12/h6-9,11H,10H2,1-4H3. The molecule has 0 aromatic heterocycles. The highest BCUT2D eigenvalue weighted by Crippen LogP contribution is 2.29. The number of rotatable bonds is 3. The molecule has 0 atom stereocenters. The fourth-order valence-electron chi connectivity index (χ4n) is 1.98. The maximum absolute atomic E-state index is 3.06. The van der Waals surface area contributed by atoms with E-state index in [9.17, 15) is 0 Å². The van der Waals surface area contributed by atoms with Crippen molar-refractivity contribution in [3.8, 4) is 0 Å². The topological polar surface area (TPSA) is 0 Å². The van der Waals surface area contributed by atoms with Crippen molar-refractivity contribution in [3.63, 3.8) is 0 Å². The van der Waals surface area contributed by atoms with E-state index in [1.165, 1.54) is 12.0 Å². The van der Waals surface area contributed by atoms with Gasteiger partial charge in [-0.2, -0.15) is 0 Å². The van der Waals surface area contributed by atoms with Crippen molar-refractivity contribution in [1.82, 2.24) is 0 Å². The van der Waals surface area contributed by atoms with Crippen molar-refractivity contribution in [2.24, 2.45) is 5.92 Å². The van der Waals surface area contributed by atoms with Gasteiger partial charge in [0.1, 0.15) is 0 Å². The highest BCUT2D eigenvalue weighted by atomic mass is 14.3. The molecule has 1 radical (unpaired) electrons. The fraction of sp³-hybridized carbons (Fsp3) is 0.538. The van der Waals surface area contributed by atoms with E-state index >= 15 is 0 Å². The van der Waals surface area contributed by atoms with Gasteiger partial charge < -0.3 is 0 Å². The second-order valence-corrected chi connectivity index (χ2v) is 4.77. The Morgan fingerprint density at radius 3 is 2.23 bits per heavy atom. The molecule has 1 rings (SSSR count). The lowest BCUT2D eigenvalue weighted by molar-refractivity contribution is 0.400. The average molecular weight is 175 g/mol. The Hall–Kier alpha value is -0.780. The largest absolute Gasteiger partial charge is 0.0627 e. The van der Waals surface area contributed by atoms with Gasteiger partial charge in [-0.1, -0.05) is 52.0 Å². The quantitative estimate of drug-likeness (QED) is 0.655. The minimum atomic E-state index is 0.295. The highest BCUT2D eigenvalue weighted by molar-refractivity contribution is 5.22. The van der Waals surface area contributed by atoms with Crippen molar-refractivity contribution in [2.75, 3.05) is 0 Å². The van der Waals surface area contributed by atoms with Crippen LogP contribution in [0.25, 0.3) is 0 Å². The molecule has 0 bridgehead atoms. The number of benzene rings is 1. The zero-order valence-electron chi connectivity index (χ0n) is 9.09. The summed E-state index contributed by atoms with van der Waals surface area (Å²) in [5.74, 6) is 0.749. The normalized spacial score (nSPS) is 12.1. The first-order chi connectivity index (χ1) is 6.02. The van der Waals surface area contributed by atoms with Gasteiger partial charge in [-0.25, -0.2) is 0 Å². The molecule has 0 nitrogen and oxygen atoms in total. The summed E-state index contributed by atoms with van der Waals surface area (Å²) in [6, 6.07) is 11.4.